The minimum absolute atomic E-state index is 0.290. The SMILES string of the molecule is Cc1oc2ccccc2c1CC(N)C(=O)O. The Kier molecular flexibility index (Phi) is 2.66. The molecule has 1 aromatic carbocycles. The number of fused-ring (bicyclic) bond motifs is 1. The lowest BCUT2D eigenvalue weighted by molar-refractivity contribution is -0.138. The van der Waals surface area contributed by atoms with E-state index in [4.69, 9.17) is 15.3 Å². The number of hydrogen-bond acceptors (Lipinski definition) is 3. The van der Waals surface area contributed by atoms with Crippen LogP contribution in [0.3, 0.4) is 0 Å². The molecule has 0 aliphatic heterocycles. The van der Waals surface area contributed by atoms with Crippen molar-refractivity contribution in [1.82, 2.24) is 0 Å². The fraction of sp³-hybridized carbons (Fsp3) is 0.250. The first-order chi connectivity index (χ1) is 7.59. The van der Waals surface area contributed by atoms with Crippen LogP contribution in [0.4, 0.5) is 0 Å². The van der Waals surface area contributed by atoms with E-state index in [-0.39, 0.29) is 6.42 Å². The average Bonchev–Trinajstić information content (AvgIpc) is 2.55. The van der Waals surface area contributed by atoms with Crippen molar-refractivity contribution in [2.24, 2.45) is 5.73 Å². The molecule has 0 radical (unpaired) electrons. The Bertz CT molecular complexity index is 530. The molecule has 0 aliphatic carbocycles. The van der Waals surface area contributed by atoms with Crippen molar-refractivity contribution in [1.29, 1.82) is 0 Å². The van der Waals surface area contributed by atoms with E-state index >= 15 is 0 Å². The summed E-state index contributed by atoms with van der Waals surface area (Å²) in [7, 11) is 0. The van der Waals surface area contributed by atoms with Gasteiger partial charge in [0.1, 0.15) is 17.4 Å². The maximum atomic E-state index is 10.7. The second kappa shape index (κ2) is 3.98. The number of para-hydroxylation sites is 1. The van der Waals surface area contributed by atoms with E-state index in [1.807, 2.05) is 31.2 Å². The highest BCUT2D eigenvalue weighted by molar-refractivity contribution is 5.83. The highest BCUT2D eigenvalue weighted by Gasteiger charge is 2.17. The second-order valence-corrected chi connectivity index (χ2v) is 3.78. The predicted molar refractivity (Wildman–Crippen MR) is 60.3 cm³/mol. The number of rotatable bonds is 3. The van der Waals surface area contributed by atoms with E-state index in [9.17, 15) is 4.79 Å². The van der Waals surface area contributed by atoms with Crippen LogP contribution in [-0.4, -0.2) is 17.1 Å². The largest absolute Gasteiger partial charge is 0.480 e. The lowest BCUT2D eigenvalue weighted by Crippen LogP contribution is -2.32. The Morgan fingerprint density at radius 1 is 1.50 bits per heavy atom. The van der Waals surface area contributed by atoms with Crippen molar-refractivity contribution in [3.05, 3.63) is 35.6 Å². The van der Waals surface area contributed by atoms with Crippen LogP contribution in [0.15, 0.2) is 28.7 Å². The van der Waals surface area contributed by atoms with Crippen molar-refractivity contribution in [3.8, 4) is 0 Å². The Hall–Kier alpha value is -1.81. The average molecular weight is 219 g/mol. The number of furan rings is 1. The highest BCUT2D eigenvalue weighted by atomic mass is 16.4. The zero-order valence-corrected chi connectivity index (χ0v) is 8.93. The number of aliphatic carboxylic acids is 1. The van der Waals surface area contributed by atoms with Gasteiger partial charge in [-0.05, 0) is 13.0 Å². The summed E-state index contributed by atoms with van der Waals surface area (Å²) < 4.78 is 5.53. The zero-order valence-electron chi connectivity index (χ0n) is 8.93. The Labute approximate surface area is 92.7 Å². The molecule has 2 aromatic rings. The fourth-order valence-electron chi connectivity index (χ4n) is 1.78. The lowest BCUT2D eigenvalue weighted by Gasteiger charge is -2.05. The number of carbonyl (C=O) groups is 1. The van der Waals surface area contributed by atoms with Gasteiger partial charge >= 0.3 is 5.97 Å². The maximum absolute atomic E-state index is 10.7. The van der Waals surface area contributed by atoms with Gasteiger partial charge in [-0.25, -0.2) is 0 Å². The summed E-state index contributed by atoms with van der Waals surface area (Å²) in [5.74, 6) is -0.261. The van der Waals surface area contributed by atoms with Crippen LogP contribution in [-0.2, 0) is 11.2 Å². The Balaban J connectivity index is 2.43. The first kappa shape index (κ1) is 10.7. The number of aryl methyl sites for hydroxylation is 1. The molecule has 0 fully saturated rings. The van der Waals surface area contributed by atoms with Gasteiger partial charge in [0.2, 0.25) is 0 Å². The fourth-order valence-corrected chi connectivity index (χ4v) is 1.78. The second-order valence-electron chi connectivity index (χ2n) is 3.78. The minimum atomic E-state index is -0.996. The van der Waals surface area contributed by atoms with Gasteiger partial charge in [0.05, 0.1) is 0 Å². The topological polar surface area (TPSA) is 76.5 Å². The molecular formula is C12H13NO3. The van der Waals surface area contributed by atoms with Crippen LogP contribution in [0.5, 0.6) is 0 Å². The number of hydrogen-bond donors (Lipinski definition) is 2. The molecule has 0 bridgehead atoms. The molecule has 0 amide bonds. The molecule has 1 aromatic heterocycles. The van der Waals surface area contributed by atoms with Crippen LogP contribution < -0.4 is 5.73 Å². The predicted octanol–water partition coefficient (Wildman–Crippen LogP) is 1.70. The van der Waals surface area contributed by atoms with Crippen molar-refractivity contribution < 1.29 is 14.3 Å². The molecule has 84 valence electrons. The van der Waals surface area contributed by atoms with E-state index < -0.39 is 12.0 Å². The summed E-state index contributed by atoms with van der Waals surface area (Å²) >= 11 is 0. The van der Waals surface area contributed by atoms with Gasteiger partial charge in [-0.2, -0.15) is 0 Å². The third kappa shape index (κ3) is 1.79. The van der Waals surface area contributed by atoms with E-state index in [2.05, 4.69) is 0 Å². The number of carboxylic acids is 1. The van der Waals surface area contributed by atoms with Crippen LogP contribution in [0.1, 0.15) is 11.3 Å². The molecule has 4 heteroatoms. The van der Waals surface area contributed by atoms with Gasteiger partial charge in [0, 0.05) is 17.4 Å². The van der Waals surface area contributed by atoms with Gasteiger partial charge in [-0.1, -0.05) is 18.2 Å². The van der Waals surface area contributed by atoms with Crippen molar-refractivity contribution >= 4 is 16.9 Å². The normalized spacial score (nSPS) is 12.9. The molecule has 3 N–H and O–H groups in total. The number of benzene rings is 1. The third-order valence-corrected chi connectivity index (χ3v) is 2.64. The Morgan fingerprint density at radius 2 is 2.19 bits per heavy atom. The van der Waals surface area contributed by atoms with E-state index in [0.717, 1.165) is 22.3 Å². The van der Waals surface area contributed by atoms with Gasteiger partial charge in [-0.15, -0.1) is 0 Å². The molecule has 1 heterocycles. The smallest absolute Gasteiger partial charge is 0.320 e. The van der Waals surface area contributed by atoms with Crippen LogP contribution in [0, 0.1) is 6.92 Å². The molecule has 0 saturated carbocycles. The van der Waals surface area contributed by atoms with E-state index in [1.54, 1.807) is 0 Å². The Morgan fingerprint density at radius 3 is 2.88 bits per heavy atom. The molecule has 0 saturated heterocycles. The van der Waals surface area contributed by atoms with Crippen LogP contribution in [0.2, 0.25) is 0 Å². The summed E-state index contributed by atoms with van der Waals surface area (Å²) in [6.45, 7) is 1.82. The quantitative estimate of drug-likeness (QED) is 0.823. The standard InChI is InChI=1S/C12H13NO3/c1-7-9(6-10(13)12(14)15)8-4-2-3-5-11(8)16-7/h2-5,10H,6,13H2,1H3,(H,14,15). The molecule has 0 spiro atoms. The zero-order chi connectivity index (χ0) is 11.7. The highest BCUT2D eigenvalue weighted by Crippen LogP contribution is 2.25. The molecule has 1 unspecified atom stereocenters. The first-order valence-corrected chi connectivity index (χ1v) is 5.05. The van der Waals surface area contributed by atoms with Crippen LogP contribution >= 0.6 is 0 Å². The molecular weight excluding hydrogens is 206 g/mol. The van der Waals surface area contributed by atoms with E-state index in [0.29, 0.717) is 0 Å². The van der Waals surface area contributed by atoms with Crippen molar-refractivity contribution in [2.75, 3.05) is 0 Å². The minimum Gasteiger partial charge on any atom is -0.480 e. The van der Waals surface area contributed by atoms with Crippen LogP contribution in [0.25, 0.3) is 11.0 Å². The summed E-state index contributed by atoms with van der Waals surface area (Å²) in [5, 5.41) is 9.73. The molecule has 16 heavy (non-hydrogen) atoms. The van der Waals surface area contributed by atoms with Crippen molar-refractivity contribution in [2.45, 2.75) is 19.4 Å². The summed E-state index contributed by atoms with van der Waals surface area (Å²) in [6, 6.07) is 6.66. The van der Waals surface area contributed by atoms with Gasteiger partial charge in [0.15, 0.2) is 0 Å². The monoisotopic (exact) mass is 219 g/mol. The first-order valence-electron chi connectivity index (χ1n) is 5.05. The molecule has 2 rings (SSSR count). The lowest BCUT2D eigenvalue weighted by atomic mass is 10.0. The molecule has 4 nitrogen and oxygen atoms in total. The van der Waals surface area contributed by atoms with Gasteiger partial charge < -0.3 is 15.3 Å². The maximum Gasteiger partial charge on any atom is 0.320 e. The van der Waals surface area contributed by atoms with Gasteiger partial charge in [0.25, 0.3) is 0 Å². The summed E-state index contributed by atoms with van der Waals surface area (Å²) in [4.78, 5) is 10.7. The van der Waals surface area contributed by atoms with Gasteiger partial charge in [-0.3, -0.25) is 4.79 Å². The number of nitrogens with two attached hydrogens (primary N) is 1. The summed E-state index contributed by atoms with van der Waals surface area (Å²) in [5.41, 5.74) is 7.18. The molecule has 1 atom stereocenters. The number of carboxylic acid groups (broad SMARTS) is 1. The third-order valence-electron chi connectivity index (χ3n) is 2.64. The summed E-state index contributed by atoms with van der Waals surface area (Å²) in [6.07, 6.45) is 0.290. The van der Waals surface area contributed by atoms with Crippen molar-refractivity contribution in [3.63, 3.8) is 0 Å². The molecule has 0 aliphatic rings. The van der Waals surface area contributed by atoms with E-state index in [1.165, 1.54) is 0 Å².